The van der Waals surface area contributed by atoms with Crippen LogP contribution in [0.1, 0.15) is 22.6 Å². The van der Waals surface area contributed by atoms with Gasteiger partial charge in [-0.25, -0.2) is 4.98 Å². The predicted octanol–water partition coefficient (Wildman–Crippen LogP) is 2.44. The van der Waals surface area contributed by atoms with E-state index in [0.29, 0.717) is 5.69 Å². The molecule has 0 atom stereocenters. The van der Waals surface area contributed by atoms with Gasteiger partial charge in [0.1, 0.15) is 0 Å². The first kappa shape index (κ1) is 13.3. The zero-order valence-corrected chi connectivity index (χ0v) is 12.1. The Morgan fingerprint density at radius 3 is 2.85 bits per heavy atom. The Bertz CT molecular complexity index is 626. The first-order chi connectivity index (χ1) is 9.74. The molecule has 6 nitrogen and oxygen atoms in total. The molecule has 0 spiro atoms. The van der Waals surface area contributed by atoms with Crippen molar-refractivity contribution in [3.8, 4) is 0 Å². The fraction of sp³-hybridized carbons (Fsp3) is 0.333. The maximum Gasteiger partial charge on any atom is 0.286 e. The van der Waals surface area contributed by atoms with Crippen LogP contribution in [0.2, 0.25) is 4.47 Å². The van der Waals surface area contributed by atoms with Crippen LogP contribution in [0.15, 0.2) is 18.3 Å². The predicted molar refractivity (Wildman–Crippen MR) is 78.6 cm³/mol. The SMILES string of the molecule is O=C(Nc1cccnc1N1CCCC1)c1nnc(Cl)s1. The zero-order valence-electron chi connectivity index (χ0n) is 10.5. The van der Waals surface area contributed by atoms with Crippen molar-refractivity contribution in [2.24, 2.45) is 0 Å². The second-order valence-corrected chi connectivity index (χ2v) is 5.94. The van der Waals surface area contributed by atoms with E-state index in [9.17, 15) is 4.79 Å². The molecule has 20 heavy (non-hydrogen) atoms. The molecular weight excluding hydrogens is 298 g/mol. The van der Waals surface area contributed by atoms with Gasteiger partial charge in [-0.1, -0.05) is 11.3 Å². The van der Waals surface area contributed by atoms with Gasteiger partial charge in [-0.3, -0.25) is 4.79 Å². The number of halogens is 1. The van der Waals surface area contributed by atoms with Gasteiger partial charge in [0.25, 0.3) is 5.91 Å². The van der Waals surface area contributed by atoms with Crippen molar-refractivity contribution in [1.82, 2.24) is 15.2 Å². The molecule has 0 unspecified atom stereocenters. The fourth-order valence-electron chi connectivity index (χ4n) is 2.15. The number of carbonyl (C=O) groups is 1. The third-order valence-electron chi connectivity index (χ3n) is 3.04. The second kappa shape index (κ2) is 5.72. The Hall–Kier alpha value is -1.73. The lowest BCUT2D eigenvalue weighted by Crippen LogP contribution is -2.22. The largest absolute Gasteiger partial charge is 0.355 e. The maximum atomic E-state index is 12.1. The van der Waals surface area contributed by atoms with Crippen LogP contribution >= 0.6 is 22.9 Å². The Kier molecular flexibility index (Phi) is 3.79. The molecule has 0 bridgehead atoms. The molecule has 0 aliphatic carbocycles. The summed E-state index contributed by atoms with van der Waals surface area (Å²) in [6, 6.07) is 3.63. The lowest BCUT2D eigenvalue weighted by molar-refractivity contribution is 0.102. The topological polar surface area (TPSA) is 71.0 Å². The van der Waals surface area contributed by atoms with E-state index in [-0.39, 0.29) is 15.4 Å². The zero-order chi connectivity index (χ0) is 13.9. The van der Waals surface area contributed by atoms with Crippen molar-refractivity contribution >= 4 is 40.4 Å². The van der Waals surface area contributed by atoms with Gasteiger partial charge in [-0.15, -0.1) is 10.2 Å². The lowest BCUT2D eigenvalue weighted by Gasteiger charge is -2.19. The summed E-state index contributed by atoms with van der Waals surface area (Å²) < 4.78 is 0.251. The highest BCUT2D eigenvalue weighted by atomic mass is 35.5. The van der Waals surface area contributed by atoms with Crippen LogP contribution in [0.4, 0.5) is 11.5 Å². The average molecular weight is 310 g/mol. The molecule has 1 saturated heterocycles. The van der Waals surface area contributed by atoms with Gasteiger partial charge in [-0.2, -0.15) is 0 Å². The summed E-state index contributed by atoms with van der Waals surface area (Å²) in [6.07, 6.45) is 4.02. The van der Waals surface area contributed by atoms with Crippen molar-refractivity contribution < 1.29 is 4.79 Å². The number of hydrogen-bond donors (Lipinski definition) is 1. The van der Waals surface area contributed by atoms with Crippen LogP contribution in [0.5, 0.6) is 0 Å². The Balaban J connectivity index is 1.81. The quantitative estimate of drug-likeness (QED) is 0.943. The summed E-state index contributed by atoms with van der Waals surface area (Å²) in [6.45, 7) is 1.93. The molecule has 1 fully saturated rings. The van der Waals surface area contributed by atoms with Crippen molar-refractivity contribution in [2.45, 2.75) is 12.8 Å². The van der Waals surface area contributed by atoms with E-state index >= 15 is 0 Å². The monoisotopic (exact) mass is 309 g/mol. The van der Waals surface area contributed by atoms with Gasteiger partial charge in [-0.05, 0) is 36.6 Å². The first-order valence-electron chi connectivity index (χ1n) is 6.24. The van der Waals surface area contributed by atoms with Crippen LogP contribution in [-0.2, 0) is 0 Å². The van der Waals surface area contributed by atoms with Crippen molar-refractivity contribution in [3.05, 3.63) is 27.8 Å². The van der Waals surface area contributed by atoms with E-state index in [0.717, 1.165) is 43.1 Å². The molecule has 2 aromatic rings. The number of aromatic nitrogens is 3. The molecule has 1 N–H and O–H groups in total. The summed E-state index contributed by atoms with van der Waals surface area (Å²) in [5.74, 6) is 0.483. The van der Waals surface area contributed by atoms with E-state index in [2.05, 4.69) is 25.4 Å². The number of anilines is 2. The summed E-state index contributed by atoms with van der Waals surface area (Å²) >= 11 is 6.74. The molecule has 104 valence electrons. The van der Waals surface area contributed by atoms with Crippen LogP contribution in [0, 0.1) is 0 Å². The van der Waals surface area contributed by atoms with Crippen LogP contribution in [0.25, 0.3) is 0 Å². The highest BCUT2D eigenvalue weighted by Crippen LogP contribution is 2.27. The van der Waals surface area contributed by atoms with Crippen molar-refractivity contribution in [2.75, 3.05) is 23.3 Å². The van der Waals surface area contributed by atoms with Crippen molar-refractivity contribution in [3.63, 3.8) is 0 Å². The van der Waals surface area contributed by atoms with Crippen LogP contribution in [-0.4, -0.2) is 34.2 Å². The number of hydrogen-bond acceptors (Lipinski definition) is 6. The minimum atomic E-state index is -0.317. The number of amides is 1. The van der Waals surface area contributed by atoms with Gasteiger partial charge >= 0.3 is 0 Å². The van der Waals surface area contributed by atoms with E-state index in [1.54, 1.807) is 12.3 Å². The van der Waals surface area contributed by atoms with Gasteiger partial charge in [0.15, 0.2) is 5.82 Å². The smallest absolute Gasteiger partial charge is 0.286 e. The second-order valence-electron chi connectivity index (χ2n) is 4.38. The van der Waals surface area contributed by atoms with Gasteiger partial charge in [0, 0.05) is 19.3 Å². The third kappa shape index (κ3) is 2.73. The summed E-state index contributed by atoms with van der Waals surface area (Å²) in [5, 5.41) is 10.4. The number of carbonyl (C=O) groups excluding carboxylic acids is 1. The molecule has 0 radical (unpaired) electrons. The average Bonchev–Trinajstić information content (AvgIpc) is 3.10. The number of pyridine rings is 1. The molecule has 0 saturated carbocycles. The van der Waals surface area contributed by atoms with Crippen LogP contribution in [0.3, 0.4) is 0 Å². The minimum absolute atomic E-state index is 0.242. The Morgan fingerprint density at radius 2 is 2.15 bits per heavy atom. The molecule has 1 amide bonds. The lowest BCUT2D eigenvalue weighted by atomic mass is 10.3. The van der Waals surface area contributed by atoms with Gasteiger partial charge < -0.3 is 10.2 Å². The van der Waals surface area contributed by atoms with Crippen LogP contribution < -0.4 is 10.2 Å². The standard InChI is InChI=1S/C12H12ClN5OS/c13-12-17-16-11(20-12)10(19)15-8-4-3-5-14-9(8)18-6-1-2-7-18/h3-5H,1-2,6-7H2,(H,15,19). The van der Waals surface area contributed by atoms with E-state index in [1.165, 1.54) is 0 Å². The first-order valence-corrected chi connectivity index (χ1v) is 7.44. The summed E-state index contributed by atoms with van der Waals surface area (Å²) in [5.41, 5.74) is 0.686. The number of nitrogens with one attached hydrogen (secondary N) is 1. The molecular formula is C12H12ClN5OS. The van der Waals surface area contributed by atoms with E-state index < -0.39 is 0 Å². The number of rotatable bonds is 3. The highest BCUT2D eigenvalue weighted by Gasteiger charge is 2.19. The minimum Gasteiger partial charge on any atom is -0.355 e. The van der Waals surface area contributed by atoms with Gasteiger partial charge in [0.2, 0.25) is 9.47 Å². The molecule has 3 rings (SSSR count). The fourth-order valence-corrected chi connectivity index (χ4v) is 2.87. The molecule has 1 aliphatic rings. The van der Waals surface area contributed by atoms with Crippen molar-refractivity contribution in [1.29, 1.82) is 0 Å². The molecule has 8 heteroatoms. The van der Waals surface area contributed by atoms with E-state index in [4.69, 9.17) is 11.6 Å². The Morgan fingerprint density at radius 1 is 1.35 bits per heavy atom. The molecule has 0 aromatic carbocycles. The normalized spacial score (nSPS) is 14.6. The van der Waals surface area contributed by atoms with E-state index in [1.807, 2.05) is 6.07 Å². The van der Waals surface area contributed by atoms with Gasteiger partial charge in [0.05, 0.1) is 5.69 Å². The Labute approximate surface area is 124 Å². The summed E-state index contributed by atoms with van der Waals surface area (Å²) in [4.78, 5) is 18.6. The third-order valence-corrected chi connectivity index (χ3v) is 4.05. The molecule has 3 heterocycles. The summed E-state index contributed by atoms with van der Waals surface area (Å²) in [7, 11) is 0. The molecule has 1 aliphatic heterocycles. The maximum absolute atomic E-state index is 12.1. The molecule has 2 aromatic heterocycles. The number of nitrogens with zero attached hydrogens (tertiary/aromatic N) is 4. The highest BCUT2D eigenvalue weighted by molar-refractivity contribution is 7.17.